The summed E-state index contributed by atoms with van der Waals surface area (Å²) < 4.78 is 0. The summed E-state index contributed by atoms with van der Waals surface area (Å²) in [6.45, 7) is 10.1. The molecule has 0 nitrogen and oxygen atoms in total. The van der Waals surface area contributed by atoms with Crippen LogP contribution in [0.1, 0.15) is 58.3 Å². The van der Waals surface area contributed by atoms with Gasteiger partial charge in [0.15, 0.2) is 0 Å². The van der Waals surface area contributed by atoms with E-state index in [2.05, 4.69) is 20.4 Å². The van der Waals surface area contributed by atoms with Gasteiger partial charge in [0.25, 0.3) is 0 Å². The summed E-state index contributed by atoms with van der Waals surface area (Å²) in [4.78, 5) is 0. The summed E-state index contributed by atoms with van der Waals surface area (Å²) in [6.07, 6.45) is 10.1. The Hall–Kier alpha value is -0.260. The first-order valence-corrected chi connectivity index (χ1v) is 5.27. The van der Waals surface area contributed by atoms with Crippen LogP contribution < -0.4 is 0 Å². The molecule has 71 valence electrons. The highest BCUT2D eigenvalue weighted by atomic mass is 14.0. The standard InChI is InChI=1S/C12H23/c1-4-6-8-9-11-12(3)10-7-5-2/h1,3-11H2,2H3. The third-order valence-electron chi connectivity index (χ3n) is 2.16. The molecule has 0 heterocycles. The minimum Gasteiger partial charge on any atom is -0.0999 e. The number of rotatable bonds is 8. The largest absolute Gasteiger partial charge is 0.0999 e. The first-order valence-electron chi connectivity index (χ1n) is 5.27. The molecule has 0 saturated heterocycles. The van der Waals surface area contributed by atoms with E-state index in [-0.39, 0.29) is 0 Å². The highest BCUT2D eigenvalue weighted by molar-refractivity contribution is 4.93. The molecule has 0 amide bonds. The minimum atomic E-state index is 1.08. The second-order valence-corrected chi connectivity index (χ2v) is 3.52. The van der Waals surface area contributed by atoms with Crippen LogP contribution in [0.4, 0.5) is 0 Å². The zero-order valence-electron chi connectivity index (χ0n) is 8.57. The van der Waals surface area contributed by atoms with Crippen LogP contribution >= 0.6 is 0 Å². The molecule has 0 rings (SSSR count). The zero-order chi connectivity index (χ0) is 9.23. The summed E-state index contributed by atoms with van der Waals surface area (Å²) in [5.74, 6) is 0. The van der Waals surface area contributed by atoms with Crippen LogP contribution in [-0.4, -0.2) is 0 Å². The Labute approximate surface area is 78.1 Å². The van der Waals surface area contributed by atoms with Crippen molar-refractivity contribution >= 4 is 0 Å². The molecule has 0 bridgehead atoms. The molecule has 0 spiro atoms. The number of hydrogen-bond donors (Lipinski definition) is 0. The quantitative estimate of drug-likeness (QED) is 0.368. The molecule has 0 atom stereocenters. The van der Waals surface area contributed by atoms with Crippen molar-refractivity contribution in [2.24, 2.45) is 0 Å². The van der Waals surface area contributed by atoms with Crippen molar-refractivity contribution < 1.29 is 0 Å². The van der Waals surface area contributed by atoms with Crippen molar-refractivity contribution in [2.45, 2.75) is 58.3 Å². The predicted molar refractivity (Wildman–Crippen MR) is 57.1 cm³/mol. The van der Waals surface area contributed by atoms with Crippen LogP contribution in [0.5, 0.6) is 0 Å². The summed E-state index contributed by atoms with van der Waals surface area (Å²) in [7, 11) is 0. The molecule has 1 radical (unpaired) electrons. The molecule has 12 heavy (non-hydrogen) atoms. The van der Waals surface area contributed by atoms with E-state index in [4.69, 9.17) is 0 Å². The smallest absolute Gasteiger partial charge is 0.0323 e. The Morgan fingerprint density at radius 1 is 1.00 bits per heavy atom. The van der Waals surface area contributed by atoms with Gasteiger partial charge in [-0.25, -0.2) is 0 Å². The second-order valence-electron chi connectivity index (χ2n) is 3.52. The summed E-state index contributed by atoms with van der Waals surface area (Å²) >= 11 is 0. The second kappa shape index (κ2) is 8.83. The zero-order valence-corrected chi connectivity index (χ0v) is 8.57. The minimum absolute atomic E-state index is 1.08. The third kappa shape index (κ3) is 7.84. The molecular weight excluding hydrogens is 144 g/mol. The van der Waals surface area contributed by atoms with Crippen LogP contribution in [0, 0.1) is 6.92 Å². The third-order valence-corrected chi connectivity index (χ3v) is 2.16. The van der Waals surface area contributed by atoms with Gasteiger partial charge in [0.1, 0.15) is 0 Å². The molecule has 0 aliphatic heterocycles. The van der Waals surface area contributed by atoms with Gasteiger partial charge >= 0.3 is 0 Å². The van der Waals surface area contributed by atoms with E-state index in [1.807, 2.05) is 0 Å². The topological polar surface area (TPSA) is 0 Å². The van der Waals surface area contributed by atoms with E-state index in [1.165, 1.54) is 50.5 Å². The first-order chi connectivity index (χ1) is 5.81. The summed E-state index contributed by atoms with van der Waals surface area (Å²) in [5.41, 5.74) is 1.45. The van der Waals surface area contributed by atoms with Crippen molar-refractivity contribution in [3.05, 3.63) is 19.1 Å². The van der Waals surface area contributed by atoms with Gasteiger partial charge in [-0.2, -0.15) is 0 Å². The van der Waals surface area contributed by atoms with Gasteiger partial charge < -0.3 is 0 Å². The van der Waals surface area contributed by atoms with Crippen molar-refractivity contribution in [2.75, 3.05) is 0 Å². The first kappa shape index (κ1) is 11.7. The monoisotopic (exact) mass is 167 g/mol. The Morgan fingerprint density at radius 3 is 2.25 bits per heavy atom. The Bertz CT molecular complexity index is 103. The molecule has 0 heteroatoms. The lowest BCUT2D eigenvalue weighted by atomic mass is 10.0. The van der Waals surface area contributed by atoms with Gasteiger partial charge in [-0.3, -0.25) is 0 Å². The highest BCUT2D eigenvalue weighted by Crippen LogP contribution is 2.13. The molecule has 0 aromatic rings. The molecule has 0 fully saturated rings. The van der Waals surface area contributed by atoms with E-state index in [0.29, 0.717) is 0 Å². The van der Waals surface area contributed by atoms with Crippen LogP contribution in [0.2, 0.25) is 0 Å². The maximum atomic E-state index is 4.07. The van der Waals surface area contributed by atoms with E-state index < -0.39 is 0 Å². The van der Waals surface area contributed by atoms with Crippen molar-refractivity contribution in [3.8, 4) is 0 Å². The average molecular weight is 167 g/mol. The SMILES string of the molecule is [CH2]CCCCCC(=C)CCCC. The van der Waals surface area contributed by atoms with Gasteiger partial charge in [0.2, 0.25) is 0 Å². The maximum absolute atomic E-state index is 4.07. The summed E-state index contributed by atoms with van der Waals surface area (Å²) in [5, 5.41) is 0. The molecular formula is C12H23. The van der Waals surface area contributed by atoms with Gasteiger partial charge in [0.05, 0.1) is 0 Å². The Kier molecular flexibility index (Phi) is 8.64. The normalized spacial score (nSPS) is 10.2. The number of allylic oxidation sites excluding steroid dienone is 1. The van der Waals surface area contributed by atoms with Crippen molar-refractivity contribution in [1.82, 2.24) is 0 Å². The Morgan fingerprint density at radius 2 is 1.67 bits per heavy atom. The van der Waals surface area contributed by atoms with Crippen LogP contribution in [0.25, 0.3) is 0 Å². The molecule has 0 aromatic carbocycles. The number of unbranched alkanes of at least 4 members (excludes halogenated alkanes) is 4. The van der Waals surface area contributed by atoms with Gasteiger partial charge in [-0.1, -0.05) is 51.7 Å². The lowest BCUT2D eigenvalue weighted by Gasteiger charge is -2.03. The Balaban J connectivity index is 3.08. The molecule has 0 aliphatic carbocycles. The van der Waals surface area contributed by atoms with E-state index in [9.17, 15) is 0 Å². The fraction of sp³-hybridized carbons (Fsp3) is 0.750. The average Bonchev–Trinajstić information content (AvgIpc) is 2.09. The highest BCUT2D eigenvalue weighted by Gasteiger charge is 1.93. The van der Waals surface area contributed by atoms with E-state index in [1.54, 1.807) is 0 Å². The van der Waals surface area contributed by atoms with E-state index in [0.717, 1.165) is 6.42 Å². The molecule has 0 aromatic heterocycles. The van der Waals surface area contributed by atoms with E-state index >= 15 is 0 Å². The van der Waals surface area contributed by atoms with Crippen LogP contribution in [0.15, 0.2) is 12.2 Å². The fourth-order valence-electron chi connectivity index (χ4n) is 1.28. The lowest BCUT2D eigenvalue weighted by molar-refractivity contribution is 0.660. The molecule has 0 N–H and O–H groups in total. The predicted octanol–water partition coefficient (Wildman–Crippen LogP) is 4.52. The number of hydrogen-bond acceptors (Lipinski definition) is 0. The molecule has 0 unspecified atom stereocenters. The molecule has 0 saturated carbocycles. The van der Waals surface area contributed by atoms with Crippen LogP contribution in [0.3, 0.4) is 0 Å². The lowest BCUT2D eigenvalue weighted by Crippen LogP contribution is -1.83. The van der Waals surface area contributed by atoms with Crippen LogP contribution in [-0.2, 0) is 0 Å². The van der Waals surface area contributed by atoms with Gasteiger partial charge in [-0.15, -0.1) is 0 Å². The van der Waals surface area contributed by atoms with Gasteiger partial charge in [-0.05, 0) is 25.7 Å². The van der Waals surface area contributed by atoms with Crippen molar-refractivity contribution in [1.29, 1.82) is 0 Å². The maximum Gasteiger partial charge on any atom is -0.0323 e. The fourth-order valence-corrected chi connectivity index (χ4v) is 1.28. The molecule has 0 aliphatic rings. The summed E-state index contributed by atoms with van der Waals surface area (Å²) in [6, 6.07) is 0. The van der Waals surface area contributed by atoms with Gasteiger partial charge in [0, 0.05) is 0 Å². The van der Waals surface area contributed by atoms with Crippen molar-refractivity contribution in [3.63, 3.8) is 0 Å².